The van der Waals surface area contributed by atoms with Crippen molar-refractivity contribution in [3.63, 3.8) is 0 Å². The van der Waals surface area contributed by atoms with Gasteiger partial charge in [-0.15, -0.1) is 0 Å². The fraction of sp³-hybridized carbons (Fsp3) is 0.368. The second-order valence-corrected chi connectivity index (χ2v) is 6.73. The number of esters is 2. The average molecular weight is 358 g/mol. The Balaban J connectivity index is 2.14. The Hall–Kier alpha value is -2.96. The lowest BCUT2D eigenvalue weighted by Gasteiger charge is -2.21. The summed E-state index contributed by atoms with van der Waals surface area (Å²) in [5.41, 5.74) is 0.102. The number of hydrogen-bond acceptors (Lipinski definition) is 6. The van der Waals surface area contributed by atoms with Gasteiger partial charge in [0.25, 0.3) is 5.91 Å². The number of amides is 1. The number of pyridine rings is 1. The van der Waals surface area contributed by atoms with Crippen molar-refractivity contribution in [2.45, 2.75) is 38.8 Å². The molecule has 7 nitrogen and oxygen atoms in total. The number of carbonyl (C=O) groups is 3. The number of carbonyl (C=O) groups excluding carboxylic acids is 3. The lowest BCUT2D eigenvalue weighted by Crippen LogP contribution is -2.44. The second kappa shape index (κ2) is 7.95. The largest absolute Gasteiger partial charge is 0.467 e. The normalized spacial score (nSPS) is 12.3. The van der Waals surface area contributed by atoms with E-state index in [0.29, 0.717) is 5.52 Å². The molecule has 0 radical (unpaired) electrons. The molecule has 26 heavy (non-hydrogen) atoms. The third-order valence-corrected chi connectivity index (χ3v) is 3.41. The van der Waals surface area contributed by atoms with Gasteiger partial charge in [-0.2, -0.15) is 0 Å². The SMILES string of the molecule is COC(=O)[C@H](CC(=O)OC(C)(C)C)NC(=O)c1ccc2ccccc2n1. The van der Waals surface area contributed by atoms with Crippen molar-refractivity contribution in [3.8, 4) is 0 Å². The molecule has 0 aliphatic rings. The van der Waals surface area contributed by atoms with Crippen LogP contribution in [-0.2, 0) is 19.1 Å². The number of methoxy groups -OCH3 is 1. The lowest BCUT2D eigenvalue weighted by molar-refractivity contribution is -0.158. The van der Waals surface area contributed by atoms with E-state index in [-0.39, 0.29) is 12.1 Å². The van der Waals surface area contributed by atoms with E-state index in [1.807, 2.05) is 18.2 Å². The average Bonchev–Trinajstić information content (AvgIpc) is 2.58. The zero-order chi connectivity index (χ0) is 19.3. The zero-order valence-electron chi connectivity index (χ0n) is 15.2. The number of benzene rings is 1. The van der Waals surface area contributed by atoms with Gasteiger partial charge in [0.15, 0.2) is 0 Å². The van der Waals surface area contributed by atoms with Gasteiger partial charge in [0.05, 0.1) is 19.0 Å². The Bertz CT molecular complexity index is 826. The Morgan fingerprint density at radius 1 is 1.12 bits per heavy atom. The van der Waals surface area contributed by atoms with Crippen molar-refractivity contribution in [1.29, 1.82) is 0 Å². The molecule has 1 aromatic heterocycles. The highest BCUT2D eigenvalue weighted by molar-refractivity contribution is 5.97. The summed E-state index contributed by atoms with van der Waals surface area (Å²) in [4.78, 5) is 40.6. The van der Waals surface area contributed by atoms with Crippen LogP contribution in [0.4, 0.5) is 0 Å². The molecule has 1 amide bonds. The van der Waals surface area contributed by atoms with Crippen LogP contribution in [0.2, 0.25) is 0 Å². The monoisotopic (exact) mass is 358 g/mol. The van der Waals surface area contributed by atoms with Crippen molar-refractivity contribution in [2.75, 3.05) is 7.11 Å². The number of nitrogens with zero attached hydrogens (tertiary/aromatic N) is 1. The fourth-order valence-electron chi connectivity index (χ4n) is 2.31. The van der Waals surface area contributed by atoms with Gasteiger partial charge in [-0.25, -0.2) is 9.78 Å². The first-order chi connectivity index (χ1) is 12.2. The lowest BCUT2D eigenvalue weighted by atomic mass is 10.1. The summed E-state index contributed by atoms with van der Waals surface area (Å²) in [6.45, 7) is 5.15. The Labute approximate surface area is 151 Å². The fourth-order valence-corrected chi connectivity index (χ4v) is 2.31. The smallest absolute Gasteiger partial charge is 0.328 e. The first-order valence-corrected chi connectivity index (χ1v) is 8.16. The molecule has 0 saturated carbocycles. The van der Waals surface area contributed by atoms with E-state index < -0.39 is 29.5 Å². The van der Waals surface area contributed by atoms with Crippen molar-refractivity contribution in [1.82, 2.24) is 10.3 Å². The molecular formula is C19H22N2O5. The van der Waals surface area contributed by atoms with Gasteiger partial charge in [0.1, 0.15) is 17.3 Å². The van der Waals surface area contributed by atoms with Crippen LogP contribution in [0.25, 0.3) is 10.9 Å². The molecule has 0 aliphatic heterocycles. The molecule has 1 atom stereocenters. The molecule has 0 bridgehead atoms. The van der Waals surface area contributed by atoms with Gasteiger partial charge >= 0.3 is 11.9 Å². The van der Waals surface area contributed by atoms with E-state index in [9.17, 15) is 14.4 Å². The summed E-state index contributed by atoms with van der Waals surface area (Å²) in [5, 5.41) is 3.38. The maximum Gasteiger partial charge on any atom is 0.328 e. The summed E-state index contributed by atoms with van der Waals surface area (Å²) >= 11 is 0. The third kappa shape index (κ3) is 5.27. The van der Waals surface area contributed by atoms with E-state index >= 15 is 0 Å². The molecule has 1 aromatic carbocycles. The molecule has 0 saturated heterocycles. The van der Waals surface area contributed by atoms with Crippen molar-refractivity contribution >= 4 is 28.7 Å². The summed E-state index contributed by atoms with van der Waals surface area (Å²) in [5.74, 6) is -1.92. The molecule has 1 N–H and O–H groups in total. The predicted molar refractivity (Wildman–Crippen MR) is 95.5 cm³/mol. The number of aromatic nitrogens is 1. The van der Waals surface area contributed by atoms with Gasteiger partial charge in [-0.3, -0.25) is 9.59 Å². The quantitative estimate of drug-likeness (QED) is 0.824. The summed E-state index contributed by atoms with van der Waals surface area (Å²) in [7, 11) is 1.19. The molecule has 1 heterocycles. The van der Waals surface area contributed by atoms with Gasteiger partial charge in [-0.05, 0) is 32.9 Å². The van der Waals surface area contributed by atoms with Crippen molar-refractivity contribution in [2.24, 2.45) is 0 Å². The number of para-hydroxylation sites is 1. The van der Waals surface area contributed by atoms with Crippen LogP contribution >= 0.6 is 0 Å². The first kappa shape index (κ1) is 19.4. The zero-order valence-corrected chi connectivity index (χ0v) is 15.2. The Kier molecular flexibility index (Phi) is 5.92. The summed E-state index contributed by atoms with van der Waals surface area (Å²) in [6, 6.07) is 9.51. The molecule has 0 unspecified atom stereocenters. The third-order valence-electron chi connectivity index (χ3n) is 3.41. The number of hydrogen-bond donors (Lipinski definition) is 1. The molecule has 7 heteroatoms. The molecule has 2 rings (SSSR count). The van der Waals surface area contributed by atoms with Crippen LogP contribution in [0, 0.1) is 0 Å². The summed E-state index contributed by atoms with van der Waals surface area (Å²) in [6.07, 6.45) is -0.330. The van der Waals surface area contributed by atoms with E-state index in [2.05, 4.69) is 15.0 Å². The molecule has 0 fully saturated rings. The number of ether oxygens (including phenoxy) is 2. The maximum atomic E-state index is 12.5. The standard InChI is InChI=1S/C19H22N2O5/c1-19(2,3)26-16(22)11-15(18(24)25-4)21-17(23)14-10-9-12-7-5-6-8-13(12)20-14/h5-10,15H,11H2,1-4H3,(H,21,23)/t15-/m0/s1. The van der Waals surface area contributed by atoms with Crippen molar-refractivity contribution in [3.05, 3.63) is 42.1 Å². The van der Waals surface area contributed by atoms with Gasteiger partial charge < -0.3 is 14.8 Å². The van der Waals surface area contributed by atoms with Gasteiger partial charge in [-0.1, -0.05) is 24.3 Å². The van der Waals surface area contributed by atoms with Crippen molar-refractivity contribution < 1.29 is 23.9 Å². The molecule has 0 aliphatic carbocycles. The van der Waals surface area contributed by atoms with E-state index in [1.54, 1.807) is 39.0 Å². The predicted octanol–water partition coefficient (Wildman–Crippen LogP) is 2.24. The second-order valence-electron chi connectivity index (χ2n) is 6.73. The highest BCUT2D eigenvalue weighted by atomic mass is 16.6. The first-order valence-electron chi connectivity index (χ1n) is 8.16. The van der Waals surface area contributed by atoms with Gasteiger partial charge in [0, 0.05) is 5.39 Å². The molecular weight excluding hydrogens is 336 g/mol. The number of nitrogens with one attached hydrogen (secondary N) is 1. The maximum absolute atomic E-state index is 12.5. The minimum atomic E-state index is -1.16. The topological polar surface area (TPSA) is 94.6 Å². The van der Waals surface area contributed by atoms with Crippen LogP contribution in [0.1, 0.15) is 37.7 Å². The van der Waals surface area contributed by atoms with Gasteiger partial charge in [0.2, 0.25) is 0 Å². The van der Waals surface area contributed by atoms with E-state index in [4.69, 9.17) is 4.74 Å². The van der Waals surface area contributed by atoms with E-state index in [1.165, 1.54) is 7.11 Å². The van der Waals surface area contributed by atoms with Crippen LogP contribution < -0.4 is 5.32 Å². The highest BCUT2D eigenvalue weighted by Gasteiger charge is 2.28. The minimum absolute atomic E-state index is 0.141. The van der Waals surface area contributed by atoms with E-state index in [0.717, 1.165) is 5.39 Å². The van der Waals surface area contributed by atoms with Crippen LogP contribution in [0.5, 0.6) is 0 Å². The van der Waals surface area contributed by atoms with Crippen LogP contribution in [-0.4, -0.2) is 41.6 Å². The Morgan fingerprint density at radius 2 is 1.81 bits per heavy atom. The summed E-state index contributed by atoms with van der Waals surface area (Å²) < 4.78 is 9.86. The molecule has 0 spiro atoms. The Morgan fingerprint density at radius 3 is 2.46 bits per heavy atom. The number of rotatable bonds is 5. The number of fused-ring (bicyclic) bond motifs is 1. The molecule has 138 valence electrons. The molecule has 2 aromatic rings. The minimum Gasteiger partial charge on any atom is -0.467 e. The van der Waals surface area contributed by atoms with Crippen LogP contribution in [0.15, 0.2) is 36.4 Å². The highest BCUT2D eigenvalue weighted by Crippen LogP contribution is 2.13. The van der Waals surface area contributed by atoms with Crippen LogP contribution in [0.3, 0.4) is 0 Å².